The molecule has 0 saturated heterocycles. The minimum atomic E-state index is -3.68. The quantitative estimate of drug-likeness (QED) is 0.838. The molecule has 7 heteroatoms. The van der Waals surface area contributed by atoms with E-state index in [1.54, 1.807) is 12.1 Å². The molecule has 2 N–H and O–H groups in total. The second-order valence-electron chi connectivity index (χ2n) is 5.34. The minimum absolute atomic E-state index is 0.119. The Hall–Kier alpha value is -2.54. The number of sulfonamides is 1. The second kappa shape index (κ2) is 7.35. The standard InChI is InChI=1S/C17H20N2O4S/c1-12-4-5-14(10-13(12)2)19-24(21,22)16-8-6-15(7-9-16)23-11-17(20)18-3/h4-10,19H,11H2,1-3H3,(H,18,20). The zero-order valence-electron chi connectivity index (χ0n) is 13.8. The fourth-order valence-electron chi connectivity index (χ4n) is 1.96. The fraction of sp³-hybridized carbons (Fsp3) is 0.235. The number of anilines is 1. The number of hydrogen-bond acceptors (Lipinski definition) is 4. The summed E-state index contributed by atoms with van der Waals surface area (Å²) in [5, 5.41) is 2.44. The highest BCUT2D eigenvalue weighted by Gasteiger charge is 2.14. The van der Waals surface area contributed by atoms with Crippen LogP contribution in [0.5, 0.6) is 5.75 Å². The Balaban J connectivity index is 2.11. The van der Waals surface area contributed by atoms with Gasteiger partial charge in [0.15, 0.2) is 6.61 Å². The molecular formula is C17H20N2O4S. The maximum absolute atomic E-state index is 12.4. The zero-order chi connectivity index (χ0) is 17.7. The molecule has 0 bridgehead atoms. The smallest absolute Gasteiger partial charge is 0.261 e. The zero-order valence-corrected chi connectivity index (χ0v) is 14.6. The summed E-state index contributed by atoms with van der Waals surface area (Å²) in [7, 11) is -2.17. The first-order valence-corrected chi connectivity index (χ1v) is 8.83. The average molecular weight is 348 g/mol. The van der Waals surface area contributed by atoms with Crippen molar-refractivity contribution in [3.63, 3.8) is 0 Å². The summed E-state index contributed by atoms with van der Waals surface area (Å²) in [5.41, 5.74) is 2.61. The predicted octanol–water partition coefficient (Wildman–Crippen LogP) is 2.23. The Morgan fingerprint density at radius 2 is 1.71 bits per heavy atom. The molecule has 1 amide bonds. The number of carbonyl (C=O) groups is 1. The number of carbonyl (C=O) groups excluding carboxylic acids is 1. The minimum Gasteiger partial charge on any atom is -0.484 e. The summed E-state index contributed by atoms with van der Waals surface area (Å²) >= 11 is 0. The number of ether oxygens (including phenoxy) is 1. The highest BCUT2D eigenvalue weighted by Crippen LogP contribution is 2.21. The lowest BCUT2D eigenvalue weighted by atomic mass is 10.1. The average Bonchev–Trinajstić information content (AvgIpc) is 2.56. The van der Waals surface area contributed by atoms with Crippen LogP contribution in [0.25, 0.3) is 0 Å². The van der Waals surface area contributed by atoms with Crippen LogP contribution >= 0.6 is 0 Å². The van der Waals surface area contributed by atoms with E-state index in [2.05, 4.69) is 10.0 Å². The summed E-state index contributed by atoms with van der Waals surface area (Å²) in [6, 6.07) is 11.3. The van der Waals surface area contributed by atoms with E-state index in [9.17, 15) is 13.2 Å². The lowest BCUT2D eigenvalue weighted by Gasteiger charge is -2.11. The fourth-order valence-corrected chi connectivity index (χ4v) is 3.00. The third kappa shape index (κ3) is 4.48. The second-order valence-corrected chi connectivity index (χ2v) is 7.02. The maximum Gasteiger partial charge on any atom is 0.261 e. The van der Waals surface area contributed by atoms with Crippen LogP contribution in [0.3, 0.4) is 0 Å². The Labute approximate surface area is 141 Å². The third-order valence-corrected chi connectivity index (χ3v) is 4.94. The van der Waals surface area contributed by atoms with E-state index in [0.717, 1.165) is 11.1 Å². The first kappa shape index (κ1) is 17.8. The number of nitrogens with one attached hydrogen (secondary N) is 2. The van der Waals surface area contributed by atoms with Crippen molar-refractivity contribution in [3.05, 3.63) is 53.6 Å². The van der Waals surface area contributed by atoms with Gasteiger partial charge in [-0.2, -0.15) is 0 Å². The molecule has 2 aromatic carbocycles. The number of aryl methyl sites for hydroxylation is 2. The van der Waals surface area contributed by atoms with Gasteiger partial charge in [0, 0.05) is 12.7 Å². The van der Waals surface area contributed by atoms with Crippen LogP contribution in [0.1, 0.15) is 11.1 Å². The molecule has 24 heavy (non-hydrogen) atoms. The SMILES string of the molecule is CNC(=O)COc1ccc(S(=O)(=O)Nc2ccc(C)c(C)c2)cc1. The highest BCUT2D eigenvalue weighted by molar-refractivity contribution is 7.92. The third-order valence-electron chi connectivity index (χ3n) is 3.54. The predicted molar refractivity (Wildman–Crippen MR) is 92.7 cm³/mol. The van der Waals surface area contributed by atoms with Crippen LogP contribution in [0.4, 0.5) is 5.69 Å². The molecule has 0 unspecified atom stereocenters. The Morgan fingerprint density at radius 3 is 2.29 bits per heavy atom. The van der Waals surface area contributed by atoms with Crippen molar-refractivity contribution in [1.29, 1.82) is 0 Å². The highest BCUT2D eigenvalue weighted by atomic mass is 32.2. The van der Waals surface area contributed by atoms with Crippen LogP contribution < -0.4 is 14.8 Å². The van der Waals surface area contributed by atoms with Gasteiger partial charge in [0.2, 0.25) is 0 Å². The number of likely N-dealkylation sites (N-methyl/N-ethyl adjacent to an activating group) is 1. The Bertz CT molecular complexity index is 830. The van der Waals surface area contributed by atoms with Crippen LogP contribution in [-0.2, 0) is 14.8 Å². The topological polar surface area (TPSA) is 84.5 Å². The van der Waals surface area contributed by atoms with E-state index in [0.29, 0.717) is 11.4 Å². The summed E-state index contributed by atoms with van der Waals surface area (Å²) in [5.74, 6) is 0.159. The monoisotopic (exact) mass is 348 g/mol. The molecule has 0 atom stereocenters. The van der Waals surface area contributed by atoms with Crippen LogP contribution in [0.15, 0.2) is 47.4 Å². The van der Waals surface area contributed by atoms with Gasteiger partial charge in [-0.25, -0.2) is 8.42 Å². The van der Waals surface area contributed by atoms with Gasteiger partial charge in [0.05, 0.1) is 4.90 Å². The van der Waals surface area contributed by atoms with Crippen molar-refractivity contribution in [2.45, 2.75) is 18.7 Å². The molecule has 0 saturated carbocycles. The van der Waals surface area contributed by atoms with E-state index >= 15 is 0 Å². The summed E-state index contributed by atoms with van der Waals surface area (Å²) in [4.78, 5) is 11.2. The van der Waals surface area contributed by atoms with Crippen LogP contribution in [0, 0.1) is 13.8 Å². The van der Waals surface area contributed by atoms with Gasteiger partial charge in [-0.05, 0) is 61.4 Å². The number of hydrogen-bond donors (Lipinski definition) is 2. The van der Waals surface area contributed by atoms with Gasteiger partial charge >= 0.3 is 0 Å². The van der Waals surface area contributed by atoms with Gasteiger partial charge < -0.3 is 10.1 Å². The molecule has 0 heterocycles. The molecule has 0 aliphatic carbocycles. The summed E-state index contributed by atoms with van der Waals surface area (Å²) in [6.45, 7) is 3.76. The normalized spacial score (nSPS) is 11.0. The van der Waals surface area contributed by atoms with Gasteiger partial charge in [-0.3, -0.25) is 9.52 Å². The maximum atomic E-state index is 12.4. The molecule has 0 aliphatic heterocycles. The molecule has 0 fully saturated rings. The molecule has 0 spiro atoms. The molecule has 0 aromatic heterocycles. The number of rotatable bonds is 6. The van der Waals surface area contributed by atoms with Gasteiger partial charge in [0.25, 0.3) is 15.9 Å². The molecule has 0 aliphatic rings. The van der Waals surface area contributed by atoms with Crippen molar-refractivity contribution < 1.29 is 17.9 Å². The molecule has 2 rings (SSSR count). The van der Waals surface area contributed by atoms with Gasteiger partial charge in [-0.1, -0.05) is 6.07 Å². The lowest BCUT2D eigenvalue weighted by molar-refractivity contribution is -0.122. The van der Waals surface area contributed by atoms with Crippen molar-refractivity contribution in [1.82, 2.24) is 5.32 Å². The molecule has 6 nitrogen and oxygen atoms in total. The first-order chi connectivity index (χ1) is 11.3. The van der Waals surface area contributed by atoms with E-state index in [4.69, 9.17) is 4.74 Å². The van der Waals surface area contributed by atoms with E-state index in [-0.39, 0.29) is 17.4 Å². The summed E-state index contributed by atoms with van der Waals surface area (Å²) in [6.07, 6.45) is 0. The van der Waals surface area contributed by atoms with Crippen LogP contribution in [0.2, 0.25) is 0 Å². The largest absolute Gasteiger partial charge is 0.484 e. The van der Waals surface area contributed by atoms with Crippen molar-refractivity contribution in [2.24, 2.45) is 0 Å². The van der Waals surface area contributed by atoms with Gasteiger partial charge in [0.1, 0.15) is 5.75 Å². The first-order valence-electron chi connectivity index (χ1n) is 7.35. The van der Waals surface area contributed by atoms with E-state index in [1.165, 1.54) is 31.3 Å². The van der Waals surface area contributed by atoms with Crippen molar-refractivity contribution in [2.75, 3.05) is 18.4 Å². The lowest BCUT2D eigenvalue weighted by Crippen LogP contribution is -2.24. The molecule has 0 radical (unpaired) electrons. The molecule has 128 valence electrons. The van der Waals surface area contributed by atoms with E-state index in [1.807, 2.05) is 19.9 Å². The molecular weight excluding hydrogens is 328 g/mol. The molecule has 2 aromatic rings. The van der Waals surface area contributed by atoms with Crippen LogP contribution in [-0.4, -0.2) is 28.0 Å². The van der Waals surface area contributed by atoms with Crippen molar-refractivity contribution >= 4 is 21.6 Å². The number of benzene rings is 2. The summed E-state index contributed by atoms with van der Waals surface area (Å²) < 4.78 is 32.6. The number of amides is 1. The van der Waals surface area contributed by atoms with Crippen molar-refractivity contribution in [3.8, 4) is 5.75 Å². The Kier molecular flexibility index (Phi) is 5.46. The van der Waals surface area contributed by atoms with Gasteiger partial charge in [-0.15, -0.1) is 0 Å². The van der Waals surface area contributed by atoms with E-state index < -0.39 is 10.0 Å². The Morgan fingerprint density at radius 1 is 1.04 bits per heavy atom.